The molecule has 14 nitrogen and oxygen atoms in total. The fraction of sp³-hybridized carbons (Fsp3) is 0.387. The molecule has 242 valence electrons. The van der Waals surface area contributed by atoms with Crippen molar-refractivity contribution in [3.63, 3.8) is 0 Å². The van der Waals surface area contributed by atoms with Crippen molar-refractivity contribution in [3.05, 3.63) is 76.9 Å². The van der Waals surface area contributed by atoms with Gasteiger partial charge in [-0.3, -0.25) is 28.4 Å². The molecule has 15 heteroatoms. The highest BCUT2D eigenvalue weighted by molar-refractivity contribution is 7.15. The maximum absolute atomic E-state index is 13.6. The van der Waals surface area contributed by atoms with Crippen LogP contribution in [0.5, 0.6) is 0 Å². The van der Waals surface area contributed by atoms with E-state index in [1.165, 1.54) is 29.2 Å². The zero-order valence-corrected chi connectivity index (χ0v) is 26.5. The summed E-state index contributed by atoms with van der Waals surface area (Å²) < 4.78 is 7.12. The Kier molecular flexibility index (Phi) is 10.1. The summed E-state index contributed by atoms with van der Waals surface area (Å²) in [5, 5.41) is 16.6. The number of hydrogen-bond donors (Lipinski definition) is 4. The first-order valence-electron chi connectivity index (χ1n) is 15.0. The van der Waals surface area contributed by atoms with E-state index in [1.54, 1.807) is 16.8 Å². The van der Waals surface area contributed by atoms with E-state index in [9.17, 15) is 24.0 Å². The van der Waals surface area contributed by atoms with E-state index in [-0.39, 0.29) is 49.1 Å². The molecule has 0 saturated carbocycles. The molecular formula is C31H36N8O6S. The van der Waals surface area contributed by atoms with E-state index in [2.05, 4.69) is 31.4 Å². The minimum atomic E-state index is -1.02. The molecule has 0 unspecified atom stereocenters. The Balaban J connectivity index is 1.44. The summed E-state index contributed by atoms with van der Waals surface area (Å²) >= 11 is 1.38. The molecule has 46 heavy (non-hydrogen) atoms. The number of rotatable bonds is 5. The highest BCUT2D eigenvalue weighted by atomic mass is 32.1. The molecule has 3 atom stereocenters. The van der Waals surface area contributed by atoms with E-state index < -0.39 is 47.7 Å². The molecule has 1 aliphatic rings. The van der Waals surface area contributed by atoms with Crippen molar-refractivity contribution in [1.29, 1.82) is 0 Å². The van der Waals surface area contributed by atoms with Crippen molar-refractivity contribution < 1.29 is 28.5 Å². The lowest BCUT2D eigenvalue weighted by atomic mass is 10.0. The van der Waals surface area contributed by atoms with Gasteiger partial charge in [0, 0.05) is 43.4 Å². The number of benzene rings is 1. The number of fused-ring (bicyclic) bond motifs is 3. The number of thiazole rings is 1. The molecule has 0 radical (unpaired) electrons. The number of nitrogens with one attached hydrogen (secondary N) is 4. The highest BCUT2D eigenvalue weighted by Crippen LogP contribution is 2.16. The molecule has 0 aliphatic carbocycles. The first kappa shape index (κ1) is 32.3. The number of imidazole rings is 1. The number of carbonyl (C=O) groups is 5. The molecule has 4 N–H and O–H groups in total. The summed E-state index contributed by atoms with van der Waals surface area (Å²) in [6, 6.07) is 7.66. The maximum atomic E-state index is 13.6. The quantitative estimate of drug-likeness (QED) is 0.252. The molecule has 0 spiro atoms. The molecule has 1 aliphatic heterocycles. The number of aromatic nitrogens is 3. The summed E-state index contributed by atoms with van der Waals surface area (Å²) in [6.45, 7) is 5.33. The molecule has 1 aromatic carbocycles. The van der Waals surface area contributed by atoms with Crippen molar-refractivity contribution in [3.8, 4) is 0 Å². The van der Waals surface area contributed by atoms with Gasteiger partial charge in [0.2, 0.25) is 17.7 Å². The van der Waals surface area contributed by atoms with Gasteiger partial charge in [-0.2, -0.15) is 0 Å². The van der Waals surface area contributed by atoms with Crippen LogP contribution in [0.4, 0.5) is 0 Å². The molecule has 0 saturated heterocycles. The summed E-state index contributed by atoms with van der Waals surface area (Å²) in [4.78, 5) is 73.3. The zero-order chi connectivity index (χ0) is 32.8. The number of amides is 5. The Morgan fingerprint density at radius 2 is 1.80 bits per heavy atom. The zero-order valence-electron chi connectivity index (χ0n) is 25.7. The molecular weight excluding hydrogens is 612 g/mol. The third-order valence-electron chi connectivity index (χ3n) is 7.42. The molecule has 5 rings (SSSR count). The molecule has 4 aromatic rings. The highest BCUT2D eigenvalue weighted by Gasteiger charge is 2.30. The minimum Gasteiger partial charge on any atom is -0.359 e. The maximum Gasteiger partial charge on any atom is 0.274 e. The van der Waals surface area contributed by atoms with Gasteiger partial charge >= 0.3 is 0 Å². The average molecular weight is 649 g/mol. The van der Waals surface area contributed by atoms with E-state index in [1.807, 2.05) is 49.6 Å². The van der Waals surface area contributed by atoms with Gasteiger partial charge in [0.1, 0.15) is 23.8 Å². The van der Waals surface area contributed by atoms with Crippen LogP contribution in [-0.4, -0.2) is 80.2 Å². The van der Waals surface area contributed by atoms with Gasteiger partial charge in [0.15, 0.2) is 16.4 Å². The average Bonchev–Trinajstić information content (AvgIpc) is 3.77. The SMILES string of the molecule is CC(C)C[C@H]1NC(=O)[C@@H](C)NC(=O)c2cc(on2)CN(C(=O)c2cn3ccsc3n2)CCNC(=O)[C@@H](Cc2ccccc2)NC1=O. The predicted molar refractivity (Wildman–Crippen MR) is 168 cm³/mol. The van der Waals surface area contributed by atoms with Crippen LogP contribution in [0.1, 0.15) is 59.5 Å². The normalized spacial score (nSPS) is 20.4. The Morgan fingerprint density at radius 1 is 1.04 bits per heavy atom. The van der Waals surface area contributed by atoms with E-state index in [4.69, 9.17) is 4.52 Å². The van der Waals surface area contributed by atoms with Gasteiger partial charge < -0.3 is 30.7 Å². The largest absolute Gasteiger partial charge is 0.359 e. The Morgan fingerprint density at radius 3 is 2.54 bits per heavy atom. The number of nitrogens with zero attached hydrogens (tertiary/aromatic N) is 4. The Labute approximate surface area is 268 Å². The van der Waals surface area contributed by atoms with Gasteiger partial charge in [0.25, 0.3) is 11.8 Å². The molecule has 5 amide bonds. The monoisotopic (exact) mass is 648 g/mol. The van der Waals surface area contributed by atoms with Gasteiger partial charge in [-0.15, -0.1) is 11.3 Å². The van der Waals surface area contributed by atoms with Crippen LogP contribution in [0.15, 0.2) is 58.7 Å². The van der Waals surface area contributed by atoms with Crippen molar-refractivity contribution in [2.75, 3.05) is 13.1 Å². The lowest BCUT2D eigenvalue weighted by molar-refractivity contribution is -0.132. The number of carbonyl (C=O) groups excluding carboxylic acids is 5. The van der Waals surface area contributed by atoms with Crippen LogP contribution in [0.25, 0.3) is 4.96 Å². The van der Waals surface area contributed by atoms with Crippen molar-refractivity contribution in [2.24, 2.45) is 5.92 Å². The second-order valence-electron chi connectivity index (χ2n) is 11.6. The second-order valence-corrected chi connectivity index (χ2v) is 12.4. The smallest absolute Gasteiger partial charge is 0.274 e. The van der Waals surface area contributed by atoms with E-state index >= 15 is 0 Å². The fourth-order valence-electron chi connectivity index (χ4n) is 5.03. The summed E-state index contributed by atoms with van der Waals surface area (Å²) in [7, 11) is 0. The van der Waals surface area contributed by atoms with Crippen LogP contribution in [-0.2, 0) is 27.3 Å². The predicted octanol–water partition coefficient (Wildman–Crippen LogP) is 1.53. The standard InChI is InChI=1S/C31H36N8O6S/c1-18(2)13-22-28(42)35-23(14-20-7-5-4-6-8-20)27(41)32-9-10-38(30(44)25-17-39-11-12-46-31(39)36-25)16-21-15-24(37-45-21)29(43)33-19(3)26(40)34-22/h4-8,11-12,15,17-19,22-23H,9-10,13-14,16H2,1-3H3,(H,32,41)(H,33,43)(H,34,40)(H,35,42)/t19-,22-,23-/m1/s1. The van der Waals surface area contributed by atoms with Crippen LogP contribution >= 0.6 is 11.3 Å². The Hall–Kier alpha value is -5.05. The fourth-order valence-corrected chi connectivity index (χ4v) is 5.73. The first-order chi connectivity index (χ1) is 22.1. The Bertz CT molecular complexity index is 1680. The van der Waals surface area contributed by atoms with E-state index in [0.717, 1.165) is 5.56 Å². The molecule has 2 bridgehead atoms. The summed E-state index contributed by atoms with van der Waals surface area (Å²) in [5.74, 6) is -2.40. The summed E-state index contributed by atoms with van der Waals surface area (Å²) in [5.41, 5.74) is 0.936. The van der Waals surface area contributed by atoms with Gasteiger partial charge in [-0.1, -0.05) is 49.3 Å². The van der Waals surface area contributed by atoms with E-state index in [0.29, 0.717) is 11.4 Å². The summed E-state index contributed by atoms with van der Waals surface area (Å²) in [6.07, 6.45) is 3.90. The molecule has 0 fully saturated rings. The van der Waals surface area contributed by atoms with Crippen LogP contribution < -0.4 is 21.3 Å². The van der Waals surface area contributed by atoms with Crippen LogP contribution in [0, 0.1) is 5.92 Å². The van der Waals surface area contributed by atoms with Crippen molar-refractivity contribution in [1.82, 2.24) is 40.7 Å². The third kappa shape index (κ3) is 7.96. The van der Waals surface area contributed by atoms with Crippen LogP contribution in [0.3, 0.4) is 0 Å². The minimum absolute atomic E-state index is 0.0309. The molecule has 3 aromatic heterocycles. The van der Waals surface area contributed by atoms with Gasteiger partial charge in [-0.25, -0.2) is 4.98 Å². The van der Waals surface area contributed by atoms with Crippen LogP contribution in [0.2, 0.25) is 0 Å². The second kappa shape index (κ2) is 14.4. The molecule has 4 heterocycles. The lowest BCUT2D eigenvalue weighted by Crippen LogP contribution is -2.57. The first-order valence-corrected chi connectivity index (χ1v) is 15.9. The van der Waals surface area contributed by atoms with Gasteiger partial charge in [0.05, 0.1) is 6.54 Å². The number of hydrogen-bond acceptors (Lipinski definition) is 9. The lowest BCUT2D eigenvalue weighted by Gasteiger charge is -2.26. The van der Waals surface area contributed by atoms with Crippen molar-refractivity contribution >= 4 is 45.8 Å². The van der Waals surface area contributed by atoms with Crippen molar-refractivity contribution in [2.45, 2.75) is 58.3 Å². The topological polar surface area (TPSA) is 180 Å². The third-order valence-corrected chi connectivity index (χ3v) is 8.19. The van der Waals surface area contributed by atoms with Gasteiger partial charge in [-0.05, 0) is 24.8 Å².